The number of nitrogens with two attached hydrogens (primary N) is 1. The van der Waals surface area contributed by atoms with E-state index in [1.807, 2.05) is 0 Å². The van der Waals surface area contributed by atoms with Gasteiger partial charge in [-0.15, -0.1) is 0 Å². The number of aromatic nitrogens is 2. The molecular formula is C17H29N3. The van der Waals surface area contributed by atoms with Crippen LogP contribution in [0, 0.1) is 12.8 Å². The van der Waals surface area contributed by atoms with E-state index in [0.29, 0.717) is 5.92 Å². The largest absolute Gasteiger partial charge is 0.327 e. The van der Waals surface area contributed by atoms with Gasteiger partial charge in [0.15, 0.2) is 0 Å². The molecule has 0 saturated heterocycles. The third-order valence-electron chi connectivity index (χ3n) is 4.71. The molecule has 3 nitrogen and oxygen atoms in total. The SMILES string of the molecule is CCC(N)Cc1cc(C)nc(C2CCC(CC)CC2)n1. The third kappa shape index (κ3) is 4.02. The molecule has 3 heteroatoms. The predicted molar refractivity (Wildman–Crippen MR) is 83.7 cm³/mol. The van der Waals surface area contributed by atoms with Crippen LogP contribution in [-0.2, 0) is 6.42 Å². The summed E-state index contributed by atoms with van der Waals surface area (Å²) >= 11 is 0. The molecule has 1 aliphatic rings. The lowest BCUT2D eigenvalue weighted by Crippen LogP contribution is -2.23. The van der Waals surface area contributed by atoms with Gasteiger partial charge < -0.3 is 5.73 Å². The Balaban J connectivity index is 2.08. The standard InChI is InChI=1S/C17H29N3/c1-4-13-6-8-14(9-7-13)17-19-12(3)10-16(20-17)11-15(18)5-2/h10,13-15H,4-9,11,18H2,1-3H3. The van der Waals surface area contributed by atoms with Crippen LogP contribution in [0.3, 0.4) is 0 Å². The molecule has 0 amide bonds. The van der Waals surface area contributed by atoms with Crippen LogP contribution in [0.5, 0.6) is 0 Å². The first-order valence-electron chi connectivity index (χ1n) is 8.22. The highest BCUT2D eigenvalue weighted by atomic mass is 14.9. The van der Waals surface area contributed by atoms with Crippen molar-refractivity contribution in [1.82, 2.24) is 9.97 Å². The Hall–Kier alpha value is -0.960. The smallest absolute Gasteiger partial charge is 0.131 e. The molecule has 0 aromatic carbocycles. The topological polar surface area (TPSA) is 51.8 Å². The van der Waals surface area contributed by atoms with Gasteiger partial charge in [-0.3, -0.25) is 0 Å². The van der Waals surface area contributed by atoms with Gasteiger partial charge in [0.25, 0.3) is 0 Å². The van der Waals surface area contributed by atoms with E-state index in [0.717, 1.165) is 36.0 Å². The molecule has 0 bridgehead atoms. The molecule has 1 heterocycles. The van der Waals surface area contributed by atoms with Gasteiger partial charge in [0.1, 0.15) is 5.82 Å². The monoisotopic (exact) mass is 275 g/mol. The molecule has 0 aliphatic heterocycles. The van der Waals surface area contributed by atoms with E-state index in [-0.39, 0.29) is 6.04 Å². The minimum Gasteiger partial charge on any atom is -0.327 e. The highest BCUT2D eigenvalue weighted by Crippen LogP contribution is 2.35. The molecule has 2 N–H and O–H groups in total. The zero-order valence-electron chi connectivity index (χ0n) is 13.2. The molecule has 1 fully saturated rings. The Morgan fingerprint density at radius 1 is 1.20 bits per heavy atom. The van der Waals surface area contributed by atoms with E-state index in [4.69, 9.17) is 10.7 Å². The van der Waals surface area contributed by atoms with Crippen molar-refractivity contribution in [1.29, 1.82) is 0 Å². The summed E-state index contributed by atoms with van der Waals surface area (Å²) in [7, 11) is 0. The summed E-state index contributed by atoms with van der Waals surface area (Å²) in [6, 6.07) is 2.31. The fourth-order valence-electron chi connectivity index (χ4n) is 3.19. The van der Waals surface area contributed by atoms with Crippen LogP contribution in [0.2, 0.25) is 0 Å². The number of hydrogen-bond acceptors (Lipinski definition) is 3. The molecule has 1 atom stereocenters. The van der Waals surface area contributed by atoms with Crippen LogP contribution < -0.4 is 5.73 Å². The van der Waals surface area contributed by atoms with Crippen molar-refractivity contribution >= 4 is 0 Å². The molecule has 1 aromatic rings. The summed E-state index contributed by atoms with van der Waals surface area (Å²) in [5, 5.41) is 0. The highest BCUT2D eigenvalue weighted by molar-refractivity contribution is 5.14. The molecule has 112 valence electrons. The van der Waals surface area contributed by atoms with Crippen molar-refractivity contribution in [3.63, 3.8) is 0 Å². The molecule has 20 heavy (non-hydrogen) atoms. The zero-order valence-corrected chi connectivity index (χ0v) is 13.2. The second-order valence-electron chi connectivity index (χ2n) is 6.36. The van der Waals surface area contributed by atoms with Crippen molar-refractivity contribution in [2.24, 2.45) is 11.7 Å². The van der Waals surface area contributed by atoms with E-state index in [1.165, 1.54) is 32.1 Å². The van der Waals surface area contributed by atoms with Gasteiger partial charge in [0.2, 0.25) is 0 Å². The molecule has 2 rings (SSSR count). The Labute approximate surface area is 123 Å². The van der Waals surface area contributed by atoms with E-state index in [2.05, 4.69) is 31.8 Å². The Morgan fingerprint density at radius 2 is 1.90 bits per heavy atom. The summed E-state index contributed by atoms with van der Waals surface area (Å²) in [6.45, 7) is 6.51. The van der Waals surface area contributed by atoms with Gasteiger partial charge in [0, 0.05) is 29.8 Å². The second kappa shape index (κ2) is 7.16. The average molecular weight is 275 g/mol. The maximum absolute atomic E-state index is 6.06. The van der Waals surface area contributed by atoms with Gasteiger partial charge in [-0.2, -0.15) is 0 Å². The fraction of sp³-hybridized carbons (Fsp3) is 0.765. The summed E-state index contributed by atoms with van der Waals surface area (Å²) in [5.41, 5.74) is 8.27. The second-order valence-corrected chi connectivity index (χ2v) is 6.36. The highest BCUT2D eigenvalue weighted by Gasteiger charge is 2.23. The van der Waals surface area contributed by atoms with Gasteiger partial charge in [-0.25, -0.2) is 9.97 Å². The van der Waals surface area contributed by atoms with E-state index >= 15 is 0 Å². The minimum atomic E-state index is 0.216. The minimum absolute atomic E-state index is 0.216. The first-order valence-corrected chi connectivity index (χ1v) is 8.22. The lowest BCUT2D eigenvalue weighted by atomic mass is 9.80. The Bertz CT molecular complexity index is 422. The van der Waals surface area contributed by atoms with Gasteiger partial charge >= 0.3 is 0 Å². The number of hydrogen-bond donors (Lipinski definition) is 1. The van der Waals surface area contributed by atoms with Crippen LogP contribution in [0.4, 0.5) is 0 Å². The zero-order chi connectivity index (χ0) is 14.5. The van der Waals surface area contributed by atoms with E-state index in [1.54, 1.807) is 0 Å². The van der Waals surface area contributed by atoms with Crippen molar-refractivity contribution in [2.45, 2.75) is 77.7 Å². The van der Waals surface area contributed by atoms with Crippen molar-refractivity contribution in [2.75, 3.05) is 0 Å². The number of rotatable bonds is 5. The molecule has 0 spiro atoms. The Morgan fingerprint density at radius 3 is 2.50 bits per heavy atom. The van der Waals surface area contributed by atoms with E-state index in [9.17, 15) is 0 Å². The quantitative estimate of drug-likeness (QED) is 0.890. The number of aryl methyl sites for hydroxylation is 1. The normalized spacial score (nSPS) is 24.6. The number of nitrogens with zero attached hydrogens (tertiary/aromatic N) is 2. The Kier molecular flexibility index (Phi) is 5.53. The lowest BCUT2D eigenvalue weighted by molar-refractivity contribution is 0.311. The van der Waals surface area contributed by atoms with Crippen LogP contribution in [0.1, 0.15) is 75.5 Å². The maximum Gasteiger partial charge on any atom is 0.131 e. The first-order chi connectivity index (χ1) is 9.62. The summed E-state index contributed by atoms with van der Waals surface area (Å²) in [4.78, 5) is 9.49. The van der Waals surface area contributed by atoms with Crippen LogP contribution in [-0.4, -0.2) is 16.0 Å². The van der Waals surface area contributed by atoms with Crippen LogP contribution in [0.15, 0.2) is 6.07 Å². The fourth-order valence-corrected chi connectivity index (χ4v) is 3.19. The molecule has 1 aliphatic carbocycles. The van der Waals surface area contributed by atoms with Gasteiger partial charge in [-0.05, 0) is 51.0 Å². The van der Waals surface area contributed by atoms with Crippen molar-refractivity contribution in [3.8, 4) is 0 Å². The van der Waals surface area contributed by atoms with Crippen LogP contribution in [0.25, 0.3) is 0 Å². The van der Waals surface area contributed by atoms with Crippen molar-refractivity contribution < 1.29 is 0 Å². The predicted octanol–water partition coefficient (Wildman–Crippen LogP) is 3.75. The molecule has 1 saturated carbocycles. The lowest BCUT2D eigenvalue weighted by Gasteiger charge is -2.27. The summed E-state index contributed by atoms with van der Waals surface area (Å²) in [5.74, 6) is 2.55. The van der Waals surface area contributed by atoms with Gasteiger partial charge in [0.05, 0.1) is 0 Å². The molecule has 1 unspecified atom stereocenters. The summed E-state index contributed by atoms with van der Waals surface area (Å²) in [6.07, 6.45) is 8.36. The molecular weight excluding hydrogens is 246 g/mol. The van der Waals surface area contributed by atoms with Crippen molar-refractivity contribution in [3.05, 3.63) is 23.3 Å². The maximum atomic E-state index is 6.06. The average Bonchev–Trinajstić information content (AvgIpc) is 2.46. The van der Waals surface area contributed by atoms with E-state index < -0.39 is 0 Å². The molecule has 0 radical (unpaired) electrons. The third-order valence-corrected chi connectivity index (χ3v) is 4.71. The van der Waals surface area contributed by atoms with Crippen LogP contribution >= 0.6 is 0 Å². The van der Waals surface area contributed by atoms with Gasteiger partial charge in [-0.1, -0.05) is 20.3 Å². The first kappa shape index (κ1) is 15.4. The summed E-state index contributed by atoms with van der Waals surface area (Å²) < 4.78 is 0. The molecule has 1 aromatic heterocycles.